The van der Waals surface area contributed by atoms with Crippen LogP contribution in [0.15, 0.2) is 24.3 Å². The van der Waals surface area contributed by atoms with E-state index in [9.17, 15) is 4.79 Å². The molecule has 2 aliphatic carbocycles. The van der Waals surface area contributed by atoms with E-state index in [0.29, 0.717) is 0 Å². The Morgan fingerprint density at radius 2 is 1.95 bits per heavy atom. The van der Waals surface area contributed by atoms with Crippen molar-refractivity contribution in [1.82, 2.24) is 10.6 Å². The van der Waals surface area contributed by atoms with E-state index in [2.05, 4.69) is 41.8 Å². The summed E-state index contributed by atoms with van der Waals surface area (Å²) in [5.74, 6) is 0.962. The van der Waals surface area contributed by atoms with Gasteiger partial charge in [-0.1, -0.05) is 37.1 Å². The zero-order chi connectivity index (χ0) is 14.7. The number of carbonyl (C=O) groups excluding carboxylic acids is 1. The van der Waals surface area contributed by atoms with Gasteiger partial charge in [0, 0.05) is 13.1 Å². The summed E-state index contributed by atoms with van der Waals surface area (Å²) >= 11 is 0. The normalized spacial score (nSPS) is 20.4. The van der Waals surface area contributed by atoms with Crippen LogP contribution in [0.3, 0.4) is 0 Å². The minimum Gasteiger partial charge on any atom is -0.354 e. The van der Waals surface area contributed by atoms with Gasteiger partial charge in [-0.05, 0) is 49.7 Å². The third-order valence-electron chi connectivity index (χ3n) is 5.02. The van der Waals surface area contributed by atoms with Gasteiger partial charge >= 0.3 is 0 Å². The standard InChI is InChI=1S/C18H26N2O/c1-14-6-2-3-7-16(14)13-20-18(10-4-5-11-18)17(21)19-12-15-8-9-15/h2-3,6-7,15,20H,4-5,8-13H2,1H3,(H,19,21). The lowest BCUT2D eigenvalue weighted by Gasteiger charge is -2.29. The molecule has 1 aromatic rings. The molecule has 2 N–H and O–H groups in total. The molecule has 3 heteroatoms. The van der Waals surface area contributed by atoms with E-state index in [4.69, 9.17) is 0 Å². The lowest BCUT2D eigenvalue weighted by Crippen LogP contribution is -2.55. The van der Waals surface area contributed by atoms with Crippen LogP contribution in [0.25, 0.3) is 0 Å². The molecule has 0 atom stereocenters. The Labute approximate surface area is 127 Å². The minimum absolute atomic E-state index is 0.223. The predicted molar refractivity (Wildman–Crippen MR) is 85.0 cm³/mol. The summed E-state index contributed by atoms with van der Waals surface area (Å²) in [7, 11) is 0. The number of aryl methyl sites for hydroxylation is 1. The van der Waals surface area contributed by atoms with E-state index in [0.717, 1.165) is 44.7 Å². The first-order valence-corrected chi connectivity index (χ1v) is 8.27. The van der Waals surface area contributed by atoms with Gasteiger partial charge < -0.3 is 5.32 Å². The van der Waals surface area contributed by atoms with E-state index in [1.807, 2.05) is 0 Å². The van der Waals surface area contributed by atoms with E-state index < -0.39 is 0 Å². The molecule has 0 aromatic heterocycles. The van der Waals surface area contributed by atoms with Crippen molar-refractivity contribution in [2.75, 3.05) is 6.54 Å². The van der Waals surface area contributed by atoms with Crippen molar-refractivity contribution in [3.63, 3.8) is 0 Å². The first-order valence-electron chi connectivity index (χ1n) is 8.27. The molecule has 0 unspecified atom stereocenters. The quantitative estimate of drug-likeness (QED) is 0.844. The van der Waals surface area contributed by atoms with Crippen molar-refractivity contribution in [3.8, 4) is 0 Å². The second kappa shape index (κ2) is 6.18. The average molecular weight is 286 g/mol. The van der Waals surface area contributed by atoms with Crippen LogP contribution in [0.2, 0.25) is 0 Å². The molecule has 0 bridgehead atoms. The van der Waals surface area contributed by atoms with Gasteiger partial charge in [-0.15, -0.1) is 0 Å². The summed E-state index contributed by atoms with van der Waals surface area (Å²) in [6.45, 7) is 3.78. The highest BCUT2D eigenvalue weighted by Crippen LogP contribution is 2.32. The molecule has 3 rings (SSSR count). The van der Waals surface area contributed by atoms with Crippen molar-refractivity contribution in [1.29, 1.82) is 0 Å². The topological polar surface area (TPSA) is 41.1 Å². The van der Waals surface area contributed by atoms with Crippen molar-refractivity contribution in [2.24, 2.45) is 5.92 Å². The monoisotopic (exact) mass is 286 g/mol. The summed E-state index contributed by atoms with van der Waals surface area (Å²) < 4.78 is 0. The van der Waals surface area contributed by atoms with Crippen LogP contribution < -0.4 is 10.6 Å². The molecular weight excluding hydrogens is 260 g/mol. The van der Waals surface area contributed by atoms with E-state index >= 15 is 0 Å². The van der Waals surface area contributed by atoms with Gasteiger partial charge in [0.25, 0.3) is 0 Å². The maximum atomic E-state index is 12.6. The number of benzene rings is 1. The number of rotatable bonds is 6. The molecule has 0 saturated heterocycles. The molecule has 21 heavy (non-hydrogen) atoms. The third kappa shape index (κ3) is 3.46. The SMILES string of the molecule is Cc1ccccc1CNC1(C(=O)NCC2CC2)CCCC1. The average Bonchev–Trinajstić information content (AvgIpc) is 3.20. The van der Waals surface area contributed by atoms with Crippen LogP contribution in [0.5, 0.6) is 0 Å². The highest BCUT2D eigenvalue weighted by molar-refractivity contribution is 5.86. The van der Waals surface area contributed by atoms with E-state index in [-0.39, 0.29) is 11.4 Å². The van der Waals surface area contributed by atoms with E-state index in [1.54, 1.807) is 0 Å². The van der Waals surface area contributed by atoms with Gasteiger partial charge in [0.15, 0.2) is 0 Å². The number of carbonyl (C=O) groups is 1. The van der Waals surface area contributed by atoms with Crippen molar-refractivity contribution >= 4 is 5.91 Å². The van der Waals surface area contributed by atoms with Crippen LogP contribution in [0.1, 0.15) is 49.7 Å². The van der Waals surface area contributed by atoms with Gasteiger partial charge in [0.1, 0.15) is 0 Å². The van der Waals surface area contributed by atoms with Crippen molar-refractivity contribution < 1.29 is 4.79 Å². The van der Waals surface area contributed by atoms with Gasteiger partial charge in [-0.2, -0.15) is 0 Å². The smallest absolute Gasteiger partial charge is 0.240 e. The summed E-state index contributed by atoms with van der Waals surface area (Å²) in [5.41, 5.74) is 2.24. The number of nitrogens with one attached hydrogen (secondary N) is 2. The zero-order valence-electron chi connectivity index (χ0n) is 13.0. The lowest BCUT2D eigenvalue weighted by atomic mass is 9.95. The maximum absolute atomic E-state index is 12.6. The van der Waals surface area contributed by atoms with Crippen LogP contribution in [0.4, 0.5) is 0 Å². The molecule has 2 saturated carbocycles. The molecule has 1 aromatic carbocycles. The Balaban J connectivity index is 1.63. The maximum Gasteiger partial charge on any atom is 0.240 e. The lowest BCUT2D eigenvalue weighted by molar-refractivity contribution is -0.127. The Hall–Kier alpha value is -1.35. The predicted octanol–water partition coefficient (Wildman–Crippen LogP) is 2.92. The first kappa shape index (κ1) is 14.6. The first-order chi connectivity index (χ1) is 10.2. The Morgan fingerprint density at radius 1 is 1.24 bits per heavy atom. The number of hydrogen-bond donors (Lipinski definition) is 2. The van der Waals surface area contributed by atoms with Crippen LogP contribution in [0, 0.1) is 12.8 Å². The molecule has 0 spiro atoms. The molecule has 114 valence electrons. The highest BCUT2D eigenvalue weighted by Gasteiger charge is 2.41. The fraction of sp³-hybridized carbons (Fsp3) is 0.611. The van der Waals surface area contributed by atoms with Crippen LogP contribution >= 0.6 is 0 Å². The number of hydrogen-bond acceptors (Lipinski definition) is 2. The van der Waals surface area contributed by atoms with Crippen LogP contribution in [-0.2, 0) is 11.3 Å². The van der Waals surface area contributed by atoms with Crippen LogP contribution in [-0.4, -0.2) is 18.0 Å². The van der Waals surface area contributed by atoms with Gasteiger partial charge in [-0.3, -0.25) is 10.1 Å². The minimum atomic E-state index is -0.336. The molecular formula is C18H26N2O. The molecule has 2 fully saturated rings. The molecule has 0 heterocycles. The molecule has 3 nitrogen and oxygen atoms in total. The zero-order valence-corrected chi connectivity index (χ0v) is 13.0. The molecule has 2 aliphatic rings. The largest absolute Gasteiger partial charge is 0.354 e. The summed E-state index contributed by atoms with van der Waals surface area (Å²) in [5, 5.41) is 6.76. The molecule has 0 radical (unpaired) electrons. The highest BCUT2D eigenvalue weighted by atomic mass is 16.2. The van der Waals surface area contributed by atoms with Gasteiger partial charge in [-0.25, -0.2) is 0 Å². The number of amides is 1. The van der Waals surface area contributed by atoms with Crippen molar-refractivity contribution in [2.45, 2.75) is 57.5 Å². The Bertz CT molecular complexity index is 502. The van der Waals surface area contributed by atoms with Gasteiger partial charge in [0.2, 0.25) is 5.91 Å². The summed E-state index contributed by atoms with van der Waals surface area (Å²) in [6, 6.07) is 8.41. The van der Waals surface area contributed by atoms with Gasteiger partial charge in [0.05, 0.1) is 5.54 Å². The fourth-order valence-electron chi connectivity index (χ4n) is 3.26. The second-order valence-electron chi connectivity index (χ2n) is 6.72. The summed E-state index contributed by atoms with van der Waals surface area (Å²) in [6.07, 6.45) is 6.80. The fourth-order valence-corrected chi connectivity index (χ4v) is 3.26. The van der Waals surface area contributed by atoms with Crippen molar-refractivity contribution in [3.05, 3.63) is 35.4 Å². The van der Waals surface area contributed by atoms with E-state index in [1.165, 1.54) is 24.0 Å². The molecule has 0 aliphatic heterocycles. The third-order valence-corrected chi connectivity index (χ3v) is 5.02. The summed E-state index contributed by atoms with van der Waals surface area (Å²) in [4.78, 5) is 12.6. The Morgan fingerprint density at radius 3 is 2.62 bits per heavy atom. The molecule has 1 amide bonds. The Kier molecular flexibility index (Phi) is 4.29. The second-order valence-corrected chi connectivity index (χ2v) is 6.72.